The molecule has 0 aromatic carbocycles. The third kappa shape index (κ3) is 684000. The van der Waals surface area contributed by atoms with Crippen LogP contribution >= 0.6 is 0 Å². The Morgan fingerprint density at radius 1 is 0.643 bits per heavy atom. The van der Waals surface area contributed by atoms with Crippen LogP contribution in [0.15, 0.2) is 0 Å². The Bertz CT molecular complexity index is 118. The minimum atomic E-state index is -1.08. The van der Waals surface area contributed by atoms with Crippen molar-refractivity contribution in [2.45, 2.75) is 20.8 Å². The molecule has 4 radical (unpaired) electrons. The van der Waals surface area contributed by atoms with E-state index in [1.165, 1.54) is 0 Å². The average molecular weight is 421 g/mol. The van der Waals surface area contributed by atoms with Crippen molar-refractivity contribution in [1.82, 2.24) is 0 Å². The smallest absolute Gasteiger partial charge is 0.550 e. The number of aliphatic carboxylic acids is 3. The van der Waals surface area contributed by atoms with Crippen LogP contribution in [0.1, 0.15) is 20.8 Å². The minimum absolute atomic E-state index is 0. The van der Waals surface area contributed by atoms with Crippen LogP contribution in [-0.4, -0.2) is 66.8 Å². The standard InChI is InChI=1S/3C2H4O2.2Sb/c3*1-2(3)4;;/h3*1H3,(H,3,4);;/q;;;2*+3/p-3. The van der Waals surface area contributed by atoms with E-state index in [0.717, 1.165) is 20.8 Å². The van der Waals surface area contributed by atoms with Crippen molar-refractivity contribution in [3.05, 3.63) is 0 Å². The van der Waals surface area contributed by atoms with Crippen molar-refractivity contribution < 1.29 is 29.7 Å². The first-order valence-corrected chi connectivity index (χ1v) is 2.72. The Morgan fingerprint density at radius 2 is 0.643 bits per heavy atom. The third-order valence-corrected chi connectivity index (χ3v) is 0. The second kappa shape index (κ2) is 23.1. The maximum Gasteiger partial charge on any atom is 3.00 e. The summed E-state index contributed by atoms with van der Waals surface area (Å²) in [6.45, 7) is 2.92. The summed E-state index contributed by atoms with van der Waals surface area (Å²) < 4.78 is 0. The molecule has 0 saturated heterocycles. The molecule has 0 atom stereocenters. The van der Waals surface area contributed by atoms with E-state index in [1.807, 2.05) is 0 Å². The fourth-order valence-electron chi connectivity index (χ4n) is 0. The molecule has 14 heavy (non-hydrogen) atoms. The molecule has 0 N–H and O–H groups in total. The third-order valence-electron chi connectivity index (χ3n) is 0. The summed E-state index contributed by atoms with van der Waals surface area (Å²) in [5, 5.41) is 26.7. The quantitative estimate of drug-likeness (QED) is 0.364. The Kier molecular flexibility index (Phi) is 48.3. The van der Waals surface area contributed by atoms with E-state index in [4.69, 9.17) is 29.7 Å². The number of hydrogen-bond acceptors (Lipinski definition) is 6. The van der Waals surface area contributed by atoms with Gasteiger partial charge in [0.15, 0.2) is 0 Å². The van der Waals surface area contributed by atoms with E-state index >= 15 is 0 Å². The summed E-state index contributed by atoms with van der Waals surface area (Å²) in [5.74, 6) is -3.25. The van der Waals surface area contributed by atoms with Crippen LogP contribution in [-0.2, 0) is 14.4 Å². The van der Waals surface area contributed by atoms with Crippen molar-refractivity contribution >= 4 is 66.8 Å². The maximum absolute atomic E-state index is 8.89. The second-order valence-electron chi connectivity index (χ2n) is 1.47. The second-order valence-corrected chi connectivity index (χ2v) is 1.47. The largest absolute Gasteiger partial charge is 3.00 e. The molecule has 0 amide bonds. The zero-order valence-corrected chi connectivity index (χ0v) is 12.9. The number of rotatable bonds is 0. The van der Waals surface area contributed by atoms with Crippen molar-refractivity contribution in [3.63, 3.8) is 0 Å². The number of carbonyl (C=O) groups excluding carboxylic acids is 3. The van der Waals surface area contributed by atoms with Gasteiger partial charge in [0.25, 0.3) is 0 Å². The minimum Gasteiger partial charge on any atom is -0.550 e. The van der Waals surface area contributed by atoms with Crippen molar-refractivity contribution in [1.29, 1.82) is 0 Å². The molecular formula is C6H9O6Sb2+3. The zero-order chi connectivity index (χ0) is 10.7. The van der Waals surface area contributed by atoms with Gasteiger partial charge >= 0.3 is 48.9 Å². The molecule has 8 heteroatoms. The topological polar surface area (TPSA) is 120 Å². The van der Waals surface area contributed by atoms with Gasteiger partial charge in [0.2, 0.25) is 0 Å². The van der Waals surface area contributed by atoms with Gasteiger partial charge in [-0.05, 0) is 20.8 Å². The number of carboxylic acids is 3. The Morgan fingerprint density at radius 3 is 0.643 bits per heavy atom. The summed E-state index contributed by atoms with van der Waals surface area (Å²) in [6, 6.07) is 0. The molecule has 6 nitrogen and oxygen atoms in total. The van der Waals surface area contributed by atoms with Crippen LogP contribution in [0, 0.1) is 0 Å². The fourth-order valence-corrected chi connectivity index (χ4v) is 0. The van der Waals surface area contributed by atoms with Crippen LogP contribution in [0.4, 0.5) is 0 Å². The average Bonchev–Trinajstić information content (AvgIpc) is 1.54. The molecule has 0 aliphatic heterocycles. The molecule has 0 aliphatic carbocycles. The summed E-state index contributed by atoms with van der Waals surface area (Å²) >= 11 is 0. The molecule has 0 fully saturated rings. The van der Waals surface area contributed by atoms with Gasteiger partial charge in [-0.3, -0.25) is 0 Å². The first-order chi connectivity index (χ1) is 5.20. The van der Waals surface area contributed by atoms with Crippen molar-refractivity contribution in [2.75, 3.05) is 0 Å². The Hall–Kier alpha value is 0.0464. The van der Waals surface area contributed by atoms with Gasteiger partial charge in [0.05, 0.1) is 0 Å². The number of carboxylic acid groups (broad SMARTS) is 3. The van der Waals surface area contributed by atoms with E-state index in [0.29, 0.717) is 0 Å². The fraction of sp³-hybridized carbons (Fsp3) is 0.500. The summed E-state index contributed by atoms with van der Waals surface area (Å²) in [4.78, 5) is 26.7. The van der Waals surface area contributed by atoms with Crippen LogP contribution in [0.5, 0.6) is 0 Å². The van der Waals surface area contributed by atoms with E-state index in [2.05, 4.69) is 0 Å². The molecule has 0 saturated carbocycles. The first-order valence-electron chi connectivity index (χ1n) is 2.72. The van der Waals surface area contributed by atoms with E-state index in [1.54, 1.807) is 0 Å². The van der Waals surface area contributed by atoms with Crippen LogP contribution in [0.3, 0.4) is 0 Å². The normalized spacial score (nSPS) is 5.36. The number of carbonyl (C=O) groups is 3. The van der Waals surface area contributed by atoms with E-state index in [-0.39, 0.29) is 48.9 Å². The van der Waals surface area contributed by atoms with E-state index < -0.39 is 17.9 Å². The molecule has 0 aromatic rings. The van der Waals surface area contributed by atoms with Crippen LogP contribution in [0.25, 0.3) is 0 Å². The molecule has 0 bridgehead atoms. The van der Waals surface area contributed by atoms with Gasteiger partial charge in [-0.15, -0.1) is 0 Å². The van der Waals surface area contributed by atoms with E-state index in [9.17, 15) is 0 Å². The molecule has 0 heterocycles. The van der Waals surface area contributed by atoms with Crippen molar-refractivity contribution in [3.8, 4) is 0 Å². The van der Waals surface area contributed by atoms with Gasteiger partial charge in [0, 0.05) is 17.9 Å². The summed E-state index contributed by atoms with van der Waals surface area (Å²) in [7, 11) is 0. The molecule has 76 valence electrons. The van der Waals surface area contributed by atoms with Crippen LogP contribution in [0.2, 0.25) is 0 Å². The van der Waals surface area contributed by atoms with Crippen LogP contribution < -0.4 is 15.3 Å². The molecule has 0 rings (SSSR count). The monoisotopic (exact) mass is 419 g/mol. The van der Waals surface area contributed by atoms with Gasteiger partial charge in [0.1, 0.15) is 0 Å². The van der Waals surface area contributed by atoms with Gasteiger partial charge < -0.3 is 29.7 Å². The van der Waals surface area contributed by atoms with Gasteiger partial charge in [-0.1, -0.05) is 0 Å². The zero-order valence-electron chi connectivity index (χ0n) is 7.84. The Balaban J connectivity index is -0.0000000270. The predicted molar refractivity (Wildman–Crippen MR) is 43.6 cm³/mol. The van der Waals surface area contributed by atoms with Gasteiger partial charge in [-0.2, -0.15) is 0 Å². The molecule has 0 aliphatic rings. The Labute approximate surface area is 117 Å². The van der Waals surface area contributed by atoms with Gasteiger partial charge in [-0.25, -0.2) is 0 Å². The molecule has 0 aromatic heterocycles. The molecule has 0 unspecified atom stereocenters. The SMILES string of the molecule is CC(=O)[O-].CC(=O)[O-].CC(=O)[O-].[Sb+3].[Sb+3]. The summed E-state index contributed by atoms with van der Waals surface area (Å²) in [6.07, 6.45) is 0. The first kappa shape index (κ1) is 29.2. The molecular weight excluding hydrogens is 412 g/mol. The van der Waals surface area contributed by atoms with Crippen molar-refractivity contribution in [2.24, 2.45) is 0 Å². The summed E-state index contributed by atoms with van der Waals surface area (Å²) in [5.41, 5.74) is 0. The predicted octanol–water partition coefficient (Wildman–Crippen LogP) is -4.49. The number of hydrogen-bond donors (Lipinski definition) is 0. The molecule has 0 spiro atoms. The maximum atomic E-state index is 8.89.